The van der Waals surface area contributed by atoms with Crippen LogP contribution in [0.1, 0.15) is 19.8 Å². The Morgan fingerprint density at radius 3 is 2.26 bits per heavy atom. The molecule has 1 aromatic heterocycles. The number of halogens is 6. The molecule has 0 aliphatic carbocycles. The number of rotatable bonds is 7. The van der Waals surface area contributed by atoms with Crippen LogP contribution in [0.15, 0.2) is 0 Å². The molecule has 2 rings (SSSR count). The van der Waals surface area contributed by atoms with E-state index in [9.17, 15) is 26.3 Å². The summed E-state index contributed by atoms with van der Waals surface area (Å²) in [4.78, 5) is 13.0. The number of nitrogens with one attached hydrogen (secondary N) is 1. The summed E-state index contributed by atoms with van der Waals surface area (Å²) in [6, 6.07) is -1.02. The van der Waals surface area contributed by atoms with Crippen molar-refractivity contribution in [1.29, 1.82) is 0 Å². The van der Waals surface area contributed by atoms with Gasteiger partial charge in [-0.05, 0) is 6.42 Å². The van der Waals surface area contributed by atoms with Gasteiger partial charge in [-0.2, -0.15) is 41.3 Å². The van der Waals surface area contributed by atoms with E-state index >= 15 is 0 Å². The van der Waals surface area contributed by atoms with Crippen LogP contribution in [-0.2, 0) is 0 Å². The number of aromatic nitrogens is 3. The minimum atomic E-state index is -5.65. The summed E-state index contributed by atoms with van der Waals surface area (Å²) in [5.41, 5.74) is 0. The maximum Gasteiger partial charge on any atom is 0.434 e. The van der Waals surface area contributed by atoms with Crippen LogP contribution in [0, 0.1) is 0 Å². The molecule has 3 N–H and O–H groups in total. The van der Waals surface area contributed by atoms with Crippen molar-refractivity contribution < 1.29 is 36.4 Å². The van der Waals surface area contributed by atoms with Crippen molar-refractivity contribution >= 4 is 11.9 Å². The van der Waals surface area contributed by atoms with Gasteiger partial charge in [0, 0.05) is 6.54 Å². The molecule has 27 heavy (non-hydrogen) atoms. The average Bonchev–Trinajstić information content (AvgIpc) is 2.59. The normalized spacial score (nSPS) is 15.9. The largest absolute Gasteiger partial charge is 0.440 e. The zero-order valence-corrected chi connectivity index (χ0v) is 14.6. The van der Waals surface area contributed by atoms with Crippen LogP contribution in [-0.4, -0.2) is 66.1 Å². The first-order chi connectivity index (χ1) is 12.6. The molecule has 1 aromatic rings. The molecule has 1 aliphatic heterocycles. The minimum Gasteiger partial charge on any atom is -0.440 e. The molecule has 0 unspecified atom stereocenters. The van der Waals surface area contributed by atoms with E-state index in [2.05, 4.69) is 25.0 Å². The second-order valence-corrected chi connectivity index (χ2v) is 5.96. The molecule has 154 valence electrons. The van der Waals surface area contributed by atoms with Gasteiger partial charge >= 0.3 is 18.4 Å². The number of nitrogens with two attached hydrogens (primary N) is 1. The van der Waals surface area contributed by atoms with Crippen molar-refractivity contribution in [3.05, 3.63) is 0 Å². The third-order valence-corrected chi connectivity index (χ3v) is 3.72. The number of hydrogen-bond donors (Lipinski definition) is 2. The SMILES string of the molecule is CCCCNc1nc(OC(C(F)(F)F)C(F)(F)F)nc(N2CC[NH2+]CC2)n1. The smallest absolute Gasteiger partial charge is 0.434 e. The second-order valence-electron chi connectivity index (χ2n) is 5.96. The molecule has 7 nitrogen and oxygen atoms in total. The van der Waals surface area contributed by atoms with Gasteiger partial charge in [0.2, 0.25) is 11.9 Å². The Hall–Kier alpha value is -2.05. The highest BCUT2D eigenvalue weighted by molar-refractivity contribution is 5.38. The van der Waals surface area contributed by atoms with Gasteiger partial charge in [0.25, 0.3) is 6.10 Å². The number of alkyl halides is 6. The Kier molecular flexibility index (Phi) is 6.89. The van der Waals surface area contributed by atoms with E-state index in [1.54, 1.807) is 4.90 Å². The summed E-state index contributed by atoms with van der Waals surface area (Å²) < 4.78 is 80.7. The second kappa shape index (κ2) is 8.76. The average molecular weight is 403 g/mol. The van der Waals surface area contributed by atoms with Crippen molar-refractivity contribution in [3.8, 4) is 6.01 Å². The van der Waals surface area contributed by atoms with Crippen molar-refractivity contribution in [1.82, 2.24) is 15.0 Å². The lowest BCUT2D eigenvalue weighted by molar-refractivity contribution is -0.655. The summed E-state index contributed by atoms with van der Waals surface area (Å²) in [5, 5.41) is 4.80. The third-order valence-electron chi connectivity index (χ3n) is 3.72. The molecular formula is C14H21F6N6O+. The highest BCUT2D eigenvalue weighted by atomic mass is 19.4. The minimum absolute atomic E-state index is 0.0183. The number of unbranched alkanes of at least 4 members (excludes halogenated alkanes) is 1. The fraction of sp³-hybridized carbons (Fsp3) is 0.786. The van der Waals surface area contributed by atoms with Crippen LogP contribution in [0.4, 0.5) is 38.2 Å². The summed E-state index contributed by atoms with van der Waals surface area (Å²) in [7, 11) is 0. The van der Waals surface area contributed by atoms with Crippen LogP contribution in [0.25, 0.3) is 0 Å². The van der Waals surface area contributed by atoms with E-state index in [0.29, 0.717) is 32.7 Å². The fourth-order valence-electron chi connectivity index (χ4n) is 2.37. The van der Waals surface area contributed by atoms with Gasteiger partial charge in [0.05, 0.1) is 26.2 Å². The lowest BCUT2D eigenvalue weighted by atomic mass is 10.3. The van der Waals surface area contributed by atoms with Crippen molar-refractivity contribution in [3.63, 3.8) is 0 Å². The zero-order valence-electron chi connectivity index (χ0n) is 14.6. The van der Waals surface area contributed by atoms with Gasteiger partial charge in [-0.1, -0.05) is 13.3 Å². The molecule has 2 heterocycles. The molecule has 0 bridgehead atoms. The van der Waals surface area contributed by atoms with Crippen LogP contribution in [0.5, 0.6) is 6.01 Å². The van der Waals surface area contributed by atoms with E-state index in [1.165, 1.54) is 0 Å². The molecule has 0 spiro atoms. The van der Waals surface area contributed by atoms with Crippen molar-refractivity contribution in [2.45, 2.75) is 38.2 Å². The predicted molar refractivity (Wildman–Crippen MR) is 83.6 cm³/mol. The van der Waals surface area contributed by atoms with Crippen molar-refractivity contribution in [2.75, 3.05) is 42.9 Å². The molecular weight excluding hydrogens is 382 g/mol. The standard InChI is InChI=1S/C14H20F6N6O/c1-2-3-4-22-10-23-11(26-7-5-21-6-8-26)25-12(24-10)27-9(13(15,16)17)14(18,19)20/h9,21H,2-8H2,1H3,(H,22,23,24,25)/p+1. The number of ether oxygens (including phenoxy) is 1. The predicted octanol–water partition coefficient (Wildman–Crippen LogP) is 1.34. The molecule has 0 saturated carbocycles. The first-order valence-electron chi connectivity index (χ1n) is 8.48. The Labute approximate surface area is 151 Å². The summed E-state index contributed by atoms with van der Waals surface area (Å²) >= 11 is 0. The van der Waals surface area contributed by atoms with Crippen LogP contribution in [0.2, 0.25) is 0 Å². The molecule has 1 fully saturated rings. The Morgan fingerprint density at radius 1 is 1.07 bits per heavy atom. The summed E-state index contributed by atoms with van der Waals surface area (Å²) in [6.45, 7) is 4.74. The van der Waals surface area contributed by atoms with Gasteiger partial charge in [-0.25, -0.2) is 0 Å². The highest BCUT2D eigenvalue weighted by Crippen LogP contribution is 2.36. The Morgan fingerprint density at radius 2 is 1.70 bits per heavy atom. The van der Waals surface area contributed by atoms with Gasteiger partial charge < -0.3 is 20.3 Å². The molecule has 0 atom stereocenters. The number of nitrogens with zero attached hydrogens (tertiary/aromatic N) is 4. The van der Waals surface area contributed by atoms with Gasteiger partial charge in [-0.15, -0.1) is 0 Å². The van der Waals surface area contributed by atoms with E-state index in [-0.39, 0.29) is 11.9 Å². The fourth-order valence-corrected chi connectivity index (χ4v) is 2.37. The third kappa shape index (κ3) is 6.26. The molecule has 1 aliphatic rings. The van der Waals surface area contributed by atoms with Crippen LogP contribution >= 0.6 is 0 Å². The van der Waals surface area contributed by atoms with Gasteiger partial charge in [0.1, 0.15) is 0 Å². The molecule has 0 aromatic carbocycles. The van der Waals surface area contributed by atoms with Crippen molar-refractivity contribution in [2.24, 2.45) is 0 Å². The quantitative estimate of drug-likeness (QED) is 0.529. The molecule has 0 amide bonds. The maximum absolute atomic E-state index is 12.8. The monoisotopic (exact) mass is 403 g/mol. The van der Waals surface area contributed by atoms with Gasteiger partial charge in [-0.3, -0.25) is 0 Å². The lowest BCUT2D eigenvalue weighted by Crippen LogP contribution is -2.89. The first-order valence-corrected chi connectivity index (χ1v) is 8.48. The first kappa shape index (κ1) is 21.3. The number of piperazine rings is 1. The van der Waals surface area contributed by atoms with Crippen LogP contribution in [0.3, 0.4) is 0 Å². The topological polar surface area (TPSA) is 79.8 Å². The van der Waals surface area contributed by atoms with Gasteiger partial charge in [0.15, 0.2) is 0 Å². The summed E-state index contributed by atoms with van der Waals surface area (Å²) in [5.74, 6) is -0.142. The maximum atomic E-state index is 12.8. The molecule has 0 radical (unpaired) electrons. The lowest BCUT2D eigenvalue weighted by Gasteiger charge is -2.26. The number of quaternary nitrogens is 1. The molecule has 13 heteroatoms. The number of anilines is 2. The van der Waals surface area contributed by atoms with E-state index in [1.807, 2.05) is 12.2 Å². The Bertz CT molecular complexity index is 591. The zero-order chi connectivity index (χ0) is 20.1. The van der Waals surface area contributed by atoms with Crippen LogP contribution < -0.4 is 20.3 Å². The van der Waals surface area contributed by atoms with E-state index in [0.717, 1.165) is 12.8 Å². The number of hydrogen-bond acceptors (Lipinski definition) is 6. The van der Waals surface area contributed by atoms with E-state index < -0.39 is 24.5 Å². The van der Waals surface area contributed by atoms with E-state index in [4.69, 9.17) is 0 Å². The highest BCUT2D eigenvalue weighted by Gasteiger charge is 2.59. The molecule has 1 saturated heterocycles. The summed E-state index contributed by atoms with van der Waals surface area (Å²) in [6.07, 6.45) is -13.8. The Balaban J connectivity index is 2.30.